The van der Waals surface area contributed by atoms with Gasteiger partial charge in [0.1, 0.15) is 0 Å². The molecule has 25 heavy (non-hydrogen) atoms. The van der Waals surface area contributed by atoms with Crippen LogP contribution in [0.4, 0.5) is 4.79 Å². The predicted octanol–water partition coefficient (Wildman–Crippen LogP) is 3.02. The highest BCUT2D eigenvalue weighted by Crippen LogP contribution is 2.38. The smallest absolute Gasteiger partial charge is 0.315 e. The molecular formula is C19H24N2O4. The van der Waals surface area contributed by atoms with Crippen LogP contribution in [0.3, 0.4) is 0 Å². The van der Waals surface area contributed by atoms with E-state index in [1.54, 1.807) is 21.3 Å². The van der Waals surface area contributed by atoms with E-state index >= 15 is 0 Å². The summed E-state index contributed by atoms with van der Waals surface area (Å²) in [5, 5.41) is 5.65. The Bertz CT molecular complexity index is 689. The van der Waals surface area contributed by atoms with E-state index < -0.39 is 0 Å². The van der Waals surface area contributed by atoms with Crippen molar-refractivity contribution in [2.24, 2.45) is 0 Å². The van der Waals surface area contributed by atoms with E-state index in [4.69, 9.17) is 14.2 Å². The summed E-state index contributed by atoms with van der Waals surface area (Å²) < 4.78 is 15.9. The van der Waals surface area contributed by atoms with Crippen LogP contribution in [-0.4, -0.2) is 27.4 Å². The van der Waals surface area contributed by atoms with Crippen molar-refractivity contribution < 1.29 is 19.0 Å². The summed E-state index contributed by atoms with van der Waals surface area (Å²) in [6.45, 7) is 2.85. The molecule has 0 aliphatic heterocycles. The molecule has 0 unspecified atom stereocenters. The van der Waals surface area contributed by atoms with Gasteiger partial charge in [0.2, 0.25) is 5.75 Å². The van der Waals surface area contributed by atoms with E-state index in [2.05, 4.69) is 10.6 Å². The second-order valence-electron chi connectivity index (χ2n) is 5.56. The van der Waals surface area contributed by atoms with Gasteiger partial charge in [0.05, 0.1) is 21.3 Å². The van der Waals surface area contributed by atoms with Gasteiger partial charge in [-0.2, -0.15) is 0 Å². The summed E-state index contributed by atoms with van der Waals surface area (Å²) in [5.41, 5.74) is 3.09. The minimum atomic E-state index is -0.241. The van der Waals surface area contributed by atoms with Gasteiger partial charge in [-0.15, -0.1) is 0 Å². The van der Waals surface area contributed by atoms with Crippen LogP contribution >= 0.6 is 0 Å². The molecule has 0 aromatic heterocycles. The number of carbonyl (C=O) groups is 1. The van der Waals surface area contributed by atoms with Crippen molar-refractivity contribution in [2.45, 2.75) is 20.0 Å². The average Bonchev–Trinajstić information content (AvgIpc) is 2.64. The molecule has 0 bridgehead atoms. The Morgan fingerprint density at radius 1 is 0.840 bits per heavy atom. The summed E-state index contributed by atoms with van der Waals surface area (Å²) in [4.78, 5) is 12.0. The number of carbonyl (C=O) groups excluding carboxylic acids is 1. The third-order valence-corrected chi connectivity index (χ3v) is 3.75. The monoisotopic (exact) mass is 344 g/mol. The number of aryl methyl sites for hydroxylation is 1. The van der Waals surface area contributed by atoms with E-state index in [9.17, 15) is 4.79 Å². The fourth-order valence-corrected chi connectivity index (χ4v) is 2.37. The highest BCUT2D eigenvalue weighted by atomic mass is 16.5. The number of hydrogen-bond donors (Lipinski definition) is 2. The Morgan fingerprint density at radius 3 is 1.84 bits per heavy atom. The maximum atomic E-state index is 12.0. The summed E-state index contributed by atoms with van der Waals surface area (Å²) in [7, 11) is 4.67. The zero-order valence-corrected chi connectivity index (χ0v) is 15.0. The number of hydrogen-bond acceptors (Lipinski definition) is 4. The molecule has 2 aromatic rings. The maximum Gasteiger partial charge on any atom is 0.315 e. The number of methoxy groups -OCH3 is 3. The van der Waals surface area contributed by atoms with Crippen LogP contribution in [0, 0.1) is 6.92 Å². The lowest BCUT2D eigenvalue weighted by Crippen LogP contribution is -2.34. The second-order valence-corrected chi connectivity index (χ2v) is 5.56. The number of benzene rings is 2. The number of rotatable bonds is 7. The molecule has 0 spiro atoms. The molecule has 2 amide bonds. The van der Waals surface area contributed by atoms with E-state index in [0.29, 0.717) is 30.3 Å². The van der Waals surface area contributed by atoms with Crippen molar-refractivity contribution in [1.82, 2.24) is 10.6 Å². The van der Waals surface area contributed by atoms with Crippen molar-refractivity contribution in [2.75, 3.05) is 21.3 Å². The van der Waals surface area contributed by atoms with E-state index in [0.717, 1.165) is 11.1 Å². The third-order valence-electron chi connectivity index (χ3n) is 3.75. The minimum absolute atomic E-state index is 0.241. The SMILES string of the molecule is COc1cc(CNC(=O)NCc2ccc(C)cc2)cc(OC)c1OC. The zero-order valence-electron chi connectivity index (χ0n) is 15.0. The molecule has 2 aromatic carbocycles. The first-order valence-corrected chi connectivity index (χ1v) is 7.93. The first-order chi connectivity index (χ1) is 12.1. The molecule has 2 rings (SSSR count). The molecule has 0 saturated heterocycles. The second kappa shape index (κ2) is 8.82. The summed E-state index contributed by atoms with van der Waals surface area (Å²) >= 11 is 0. The molecule has 2 N–H and O–H groups in total. The van der Waals surface area contributed by atoms with Gasteiger partial charge in [-0.25, -0.2) is 4.79 Å². The molecule has 0 radical (unpaired) electrons. The van der Waals surface area contributed by atoms with Crippen LogP contribution in [0.15, 0.2) is 36.4 Å². The molecule has 0 aliphatic rings. The number of urea groups is 1. The van der Waals surface area contributed by atoms with E-state index in [-0.39, 0.29) is 6.03 Å². The van der Waals surface area contributed by atoms with Gasteiger partial charge in [0.25, 0.3) is 0 Å². The molecule has 0 heterocycles. The molecule has 0 fully saturated rings. The van der Waals surface area contributed by atoms with Gasteiger partial charge in [-0.1, -0.05) is 29.8 Å². The normalized spacial score (nSPS) is 10.1. The largest absolute Gasteiger partial charge is 0.493 e. The predicted molar refractivity (Wildman–Crippen MR) is 96.4 cm³/mol. The lowest BCUT2D eigenvalue weighted by molar-refractivity contribution is 0.240. The van der Waals surface area contributed by atoms with Gasteiger partial charge in [-0.05, 0) is 30.2 Å². The van der Waals surface area contributed by atoms with Gasteiger partial charge in [0, 0.05) is 13.1 Å². The van der Waals surface area contributed by atoms with Crippen LogP contribution in [0.1, 0.15) is 16.7 Å². The van der Waals surface area contributed by atoms with Crippen molar-refractivity contribution in [3.63, 3.8) is 0 Å². The van der Waals surface area contributed by atoms with Crippen LogP contribution in [-0.2, 0) is 13.1 Å². The van der Waals surface area contributed by atoms with Crippen molar-refractivity contribution in [3.05, 3.63) is 53.1 Å². The molecular weight excluding hydrogens is 320 g/mol. The Balaban J connectivity index is 1.93. The highest BCUT2D eigenvalue weighted by molar-refractivity contribution is 5.73. The fraction of sp³-hybridized carbons (Fsp3) is 0.316. The quantitative estimate of drug-likeness (QED) is 0.810. The number of ether oxygens (including phenoxy) is 3. The first-order valence-electron chi connectivity index (χ1n) is 7.93. The van der Waals surface area contributed by atoms with Crippen molar-refractivity contribution >= 4 is 6.03 Å². The van der Waals surface area contributed by atoms with Gasteiger partial charge in [-0.3, -0.25) is 0 Å². The molecule has 0 aliphatic carbocycles. The molecule has 0 saturated carbocycles. The molecule has 134 valence electrons. The first kappa shape index (κ1) is 18.4. The van der Waals surface area contributed by atoms with Crippen LogP contribution in [0.5, 0.6) is 17.2 Å². The lowest BCUT2D eigenvalue weighted by Gasteiger charge is -2.14. The van der Waals surface area contributed by atoms with Crippen LogP contribution in [0.2, 0.25) is 0 Å². The fourth-order valence-electron chi connectivity index (χ4n) is 2.37. The average molecular weight is 344 g/mol. The zero-order chi connectivity index (χ0) is 18.2. The number of nitrogens with one attached hydrogen (secondary N) is 2. The van der Waals surface area contributed by atoms with Crippen LogP contribution < -0.4 is 24.8 Å². The van der Waals surface area contributed by atoms with Crippen LogP contribution in [0.25, 0.3) is 0 Å². The summed E-state index contributed by atoms with van der Waals surface area (Å²) in [6.07, 6.45) is 0. The maximum absolute atomic E-state index is 12.0. The molecule has 0 atom stereocenters. The van der Waals surface area contributed by atoms with E-state index in [1.807, 2.05) is 43.3 Å². The van der Waals surface area contributed by atoms with Crippen molar-refractivity contribution in [1.29, 1.82) is 0 Å². The van der Waals surface area contributed by atoms with Gasteiger partial charge in [0.15, 0.2) is 11.5 Å². The van der Waals surface area contributed by atoms with Gasteiger partial charge < -0.3 is 24.8 Å². The summed E-state index contributed by atoms with van der Waals surface area (Å²) in [6, 6.07) is 11.4. The lowest BCUT2D eigenvalue weighted by atomic mass is 10.1. The Labute approximate surface area is 148 Å². The third kappa shape index (κ3) is 5.04. The Morgan fingerprint density at radius 2 is 1.36 bits per heavy atom. The highest BCUT2D eigenvalue weighted by Gasteiger charge is 2.13. The Kier molecular flexibility index (Phi) is 6.51. The molecule has 6 heteroatoms. The Hall–Kier alpha value is -2.89. The minimum Gasteiger partial charge on any atom is -0.493 e. The standard InChI is InChI=1S/C19H24N2O4/c1-13-5-7-14(8-6-13)11-20-19(22)21-12-15-9-16(23-2)18(25-4)17(10-15)24-3/h5-10H,11-12H2,1-4H3,(H2,20,21,22). The van der Waals surface area contributed by atoms with E-state index in [1.165, 1.54) is 5.56 Å². The summed E-state index contributed by atoms with van der Waals surface area (Å²) in [5.74, 6) is 1.63. The van der Waals surface area contributed by atoms with Gasteiger partial charge >= 0.3 is 6.03 Å². The number of amides is 2. The van der Waals surface area contributed by atoms with Crippen molar-refractivity contribution in [3.8, 4) is 17.2 Å². The topological polar surface area (TPSA) is 68.8 Å². The molecule has 6 nitrogen and oxygen atoms in total.